The molecule has 1 unspecified atom stereocenters. The van der Waals surface area contributed by atoms with Crippen molar-refractivity contribution in [3.8, 4) is 17.2 Å². The Bertz CT molecular complexity index is 785. The van der Waals surface area contributed by atoms with Crippen LogP contribution in [0.5, 0.6) is 17.2 Å². The van der Waals surface area contributed by atoms with Crippen molar-refractivity contribution in [2.45, 2.75) is 39.2 Å². The third-order valence-electron chi connectivity index (χ3n) is 4.32. The molecule has 2 N–H and O–H groups in total. The molecular formula is C20H23NO4. The minimum absolute atomic E-state index is 0.318. The monoisotopic (exact) mass is 341 g/mol. The molecule has 132 valence electrons. The van der Waals surface area contributed by atoms with Gasteiger partial charge in [0.05, 0.1) is 0 Å². The molecule has 2 aromatic rings. The molecule has 25 heavy (non-hydrogen) atoms. The molecule has 3 rings (SSSR count). The normalized spacial score (nSPS) is 18.8. The number of aryl methyl sites for hydroxylation is 2. The van der Waals surface area contributed by atoms with Gasteiger partial charge in [0.25, 0.3) is 0 Å². The number of fused-ring (bicyclic) bond motifs is 1. The molecule has 2 aromatic carbocycles. The summed E-state index contributed by atoms with van der Waals surface area (Å²) in [5.74, 6) is 1.87. The topological polar surface area (TPSA) is 70.8 Å². The van der Waals surface area contributed by atoms with E-state index in [1.165, 1.54) is 6.92 Å². The fourth-order valence-corrected chi connectivity index (χ4v) is 2.88. The molecule has 5 heteroatoms. The van der Waals surface area contributed by atoms with Crippen LogP contribution in [-0.4, -0.2) is 18.2 Å². The summed E-state index contributed by atoms with van der Waals surface area (Å²) in [4.78, 5) is 11.2. The zero-order valence-corrected chi connectivity index (χ0v) is 14.8. The van der Waals surface area contributed by atoms with Gasteiger partial charge in [0, 0.05) is 12.6 Å². The van der Waals surface area contributed by atoms with E-state index in [2.05, 4.69) is 0 Å². The zero-order chi connectivity index (χ0) is 18.0. The Morgan fingerprint density at radius 3 is 2.68 bits per heavy atom. The SMILES string of the molecule is CC(=O)Oc1cc2c(cc1C)OC(C)(COc1ccc(N)cc1)CC2. The van der Waals surface area contributed by atoms with Crippen molar-refractivity contribution >= 4 is 11.7 Å². The van der Waals surface area contributed by atoms with E-state index in [0.717, 1.165) is 35.5 Å². The van der Waals surface area contributed by atoms with Gasteiger partial charge in [-0.15, -0.1) is 0 Å². The van der Waals surface area contributed by atoms with Crippen LogP contribution in [0.2, 0.25) is 0 Å². The summed E-state index contributed by atoms with van der Waals surface area (Å²) < 4.78 is 17.3. The van der Waals surface area contributed by atoms with E-state index in [9.17, 15) is 4.79 Å². The average Bonchev–Trinajstić information content (AvgIpc) is 2.55. The smallest absolute Gasteiger partial charge is 0.308 e. The van der Waals surface area contributed by atoms with Crippen LogP contribution in [0.25, 0.3) is 0 Å². The number of nitrogens with two attached hydrogens (primary N) is 1. The highest BCUT2D eigenvalue weighted by atomic mass is 16.5. The van der Waals surface area contributed by atoms with Gasteiger partial charge in [-0.1, -0.05) is 0 Å². The summed E-state index contributed by atoms with van der Waals surface area (Å²) in [6, 6.07) is 11.2. The largest absolute Gasteiger partial charge is 0.489 e. The lowest BCUT2D eigenvalue weighted by molar-refractivity contribution is -0.131. The lowest BCUT2D eigenvalue weighted by Crippen LogP contribution is -2.42. The third kappa shape index (κ3) is 4.05. The fourth-order valence-electron chi connectivity index (χ4n) is 2.88. The summed E-state index contributed by atoms with van der Waals surface area (Å²) in [5, 5.41) is 0. The van der Waals surface area contributed by atoms with Crippen LogP contribution in [0, 0.1) is 6.92 Å². The van der Waals surface area contributed by atoms with Crippen LogP contribution in [0.15, 0.2) is 36.4 Å². The molecule has 1 aliphatic rings. The molecule has 0 amide bonds. The van der Waals surface area contributed by atoms with Crippen molar-refractivity contribution in [3.05, 3.63) is 47.5 Å². The molecule has 0 fully saturated rings. The van der Waals surface area contributed by atoms with Gasteiger partial charge < -0.3 is 19.9 Å². The van der Waals surface area contributed by atoms with Crippen molar-refractivity contribution < 1.29 is 19.0 Å². The van der Waals surface area contributed by atoms with Gasteiger partial charge in [0.1, 0.15) is 29.5 Å². The first-order valence-corrected chi connectivity index (χ1v) is 8.34. The van der Waals surface area contributed by atoms with Crippen molar-refractivity contribution in [2.24, 2.45) is 0 Å². The van der Waals surface area contributed by atoms with Gasteiger partial charge in [0.15, 0.2) is 0 Å². The highest BCUT2D eigenvalue weighted by Crippen LogP contribution is 2.37. The Balaban J connectivity index is 1.72. The third-order valence-corrected chi connectivity index (χ3v) is 4.32. The van der Waals surface area contributed by atoms with Gasteiger partial charge in [-0.2, -0.15) is 0 Å². The Hall–Kier alpha value is -2.69. The molecule has 1 aliphatic heterocycles. The molecule has 5 nitrogen and oxygen atoms in total. The first-order chi connectivity index (χ1) is 11.8. The van der Waals surface area contributed by atoms with Gasteiger partial charge in [-0.25, -0.2) is 0 Å². The maximum atomic E-state index is 11.2. The van der Waals surface area contributed by atoms with Crippen molar-refractivity contribution in [3.63, 3.8) is 0 Å². The highest BCUT2D eigenvalue weighted by molar-refractivity contribution is 5.70. The molecule has 0 aliphatic carbocycles. The molecule has 1 heterocycles. The standard InChI is InChI=1S/C20H23NO4/c1-13-10-19-15(11-18(13)24-14(2)22)8-9-20(3,25-19)12-23-17-6-4-16(21)5-7-17/h4-7,10-11H,8-9,12,21H2,1-3H3. The van der Waals surface area contributed by atoms with E-state index < -0.39 is 5.60 Å². The second-order valence-electron chi connectivity index (χ2n) is 6.73. The summed E-state index contributed by atoms with van der Waals surface area (Å²) in [6.45, 7) is 5.80. The van der Waals surface area contributed by atoms with Crippen molar-refractivity contribution in [2.75, 3.05) is 12.3 Å². The minimum Gasteiger partial charge on any atom is -0.489 e. The molecule has 1 atom stereocenters. The average molecular weight is 341 g/mol. The van der Waals surface area contributed by atoms with Crippen LogP contribution < -0.4 is 19.9 Å². The number of esters is 1. The number of ether oxygens (including phenoxy) is 3. The van der Waals surface area contributed by atoms with E-state index in [1.807, 2.05) is 50.2 Å². The van der Waals surface area contributed by atoms with Gasteiger partial charge in [-0.3, -0.25) is 4.79 Å². The molecular weight excluding hydrogens is 318 g/mol. The number of anilines is 1. The van der Waals surface area contributed by atoms with Crippen LogP contribution in [-0.2, 0) is 11.2 Å². The maximum absolute atomic E-state index is 11.2. The van der Waals surface area contributed by atoms with E-state index in [-0.39, 0.29) is 5.97 Å². The quantitative estimate of drug-likeness (QED) is 0.522. The second kappa shape index (κ2) is 6.67. The zero-order valence-electron chi connectivity index (χ0n) is 14.8. The number of nitrogen functional groups attached to an aromatic ring is 1. The Kier molecular flexibility index (Phi) is 4.57. The maximum Gasteiger partial charge on any atom is 0.308 e. The molecule has 0 spiro atoms. The van der Waals surface area contributed by atoms with Gasteiger partial charge >= 0.3 is 5.97 Å². The fraction of sp³-hybridized carbons (Fsp3) is 0.350. The van der Waals surface area contributed by atoms with E-state index in [1.54, 1.807) is 0 Å². The predicted octanol–water partition coefficient (Wildman–Crippen LogP) is 3.67. The number of rotatable bonds is 4. The number of hydrogen-bond acceptors (Lipinski definition) is 5. The molecule has 0 saturated heterocycles. The van der Waals surface area contributed by atoms with Crippen LogP contribution in [0.4, 0.5) is 5.69 Å². The lowest BCUT2D eigenvalue weighted by Gasteiger charge is -2.36. The number of benzene rings is 2. The van der Waals surface area contributed by atoms with E-state index >= 15 is 0 Å². The van der Waals surface area contributed by atoms with Crippen LogP contribution in [0.3, 0.4) is 0 Å². The van der Waals surface area contributed by atoms with Crippen LogP contribution >= 0.6 is 0 Å². The van der Waals surface area contributed by atoms with Crippen LogP contribution in [0.1, 0.15) is 31.4 Å². The van der Waals surface area contributed by atoms with Gasteiger partial charge in [0.2, 0.25) is 0 Å². The Morgan fingerprint density at radius 1 is 1.28 bits per heavy atom. The van der Waals surface area contributed by atoms with Crippen molar-refractivity contribution in [1.29, 1.82) is 0 Å². The first kappa shape index (κ1) is 17.1. The molecule has 0 radical (unpaired) electrons. The second-order valence-corrected chi connectivity index (χ2v) is 6.73. The summed E-state index contributed by atoms with van der Waals surface area (Å²) in [6.07, 6.45) is 1.66. The lowest BCUT2D eigenvalue weighted by atomic mass is 9.92. The number of carbonyl (C=O) groups excluding carboxylic acids is 1. The summed E-state index contributed by atoms with van der Waals surface area (Å²) in [7, 11) is 0. The highest BCUT2D eigenvalue weighted by Gasteiger charge is 2.33. The first-order valence-electron chi connectivity index (χ1n) is 8.34. The Labute approximate surface area is 147 Å². The number of hydrogen-bond donors (Lipinski definition) is 1. The molecule has 0 saturated carbocycles. The van der Waals surface area contributed by atoms with Gasteiger partial charge in [-0.05, 0) is 74.2 Å². The predicted molar refractivity (Wildman–Crippen MR) is 96.2 cm³/mol. The summed E-state index contributed by atoms with van der Waals surface area (Å²) >= 11 is 0. The van der Waals surface area contributed by atoms with E-state index in [4.69, 9.17) is 19.9 Å². The summed E-state index contributed by atoms with van der Waals surface area (Å²) in [5.41, 5.74) is 7.91. The molecule has 0 aromatic heterocycles. The number of carbonyl (C=O) groups is 1. The van der Waals surface area contributed by atoms with Crippen molar-refractivity contribution in [1.82, 2.24) is 0 Å². The Morgan fingerprint density at radius 2 is 2.00 bits per heavy atom. The molecule has 0 bridgehead atoms. The minimum atomic E-state index is -0.413. The van der Waals surface area contributed by atoms with E-state index in [0.29, 0.717) is 18.0 Å².